The Kier molecular flexibility index (Phi) is 4.24. The van der Waals surface area contributed by atoms with Crippen molar-refractivity contribution >= 4 is 35.0 Å². The van der Waals surface area contributed by atoms with Gasteiger partial charge in [0.25, 0.3) is 5.91 Å². The average molecular weight is 319 g/mol. The van der Waals surface area contributed by atoms with Gasteiger partial charge in [-0.05, 0) is 42.8 Å². The average Bonchev–Trinajstić information content (AvgIpc) is 2.84. The Hall–Kier alpha value is -3.21. The summed E-state index contributed by atoms with van der Waals surface area (Å²) in [7, 11) is 0. The van der Waals surface area contributed by atoms with E-state index in [-0.39, 0.29) is 11.8 Å². The lowest BCUT2D eigenvalue weighted by atomic mass is 10.1. The summed E-state index contributed by atoms with van der Waals surface area (Å²) in [5.74, 6) is -0.300. The maximum absolute atomic E-state index is 12.7. The second-order valence-corrected chi connectivity index (χ2v) is 5.50. The summed E-state index contributed by atoms with van der Waals surface area (Å²) in [6, 6.07) is 16.7. The molecule has 2 amide bonds. The van der Waals surface area contributed by atoms with Crippen LogP contribution < -0.4 is 10.3 Å². The summed E-state index contributed by atoms with van der Waals surface area (Å²) < 4.78 is 0. The first-order valence-corrected chi connectivity index (χ1v) is 7.59. The van der Waals surface area contributed by atoms with Gasteiger partial charge in [0.2, 0.25) is 5.91 Å². The quantitative estimate of drug-likeness (QED) is 0.881. The molecular formula is C19H17N3O2. The molecule has 2 aromatic carbocycles. The Bertz CT molecular complexity index is 837. The Labute approximate surface area is 140 Å². The zero-order valence-electron chi connectivity index (χ0n) is 13.5. The number of amides is 2. The zero-order valence-corrected chi connectivity index (χ0v) is 13.5. The molecule has 0 aromatic heterocycles. The number of nitrogens with zero attached hydrogens (tertiary/aromatic N) is 2. The van der Waals surface area contributed by atoms with Gasteiger partial charge in [-0.2, -0.15) is 10.1 Å². The van der Waals surface area contributed by atoms with Crippen LogP contribution in [0, 0.1) is 0 Å². The third kappa shape index (κ3) is 3.25. The van der Waals surface area contributed by atoms with E-state index in [0.717, 1.165) is 5.56 Å². The molecule has 5 heteroatoms. The highest BCUT2D eigenvalue weighted by atomic mass is 16.2. The molecule has 0 atom stereocenters. The Morgan fingerprint density at radius 2 is 1.75 bits per heavy atom. The predicted octanol–water partition coefficient (Wildman–Crippen LogP) is 3.45. The van der Waals surface area contributed by atoms with E-state index in [2.05, 4.69) is 10.4 Å². The minimum atomic E-state index is -0.163. The summed E-state index contributed by atoms with van der Waals surface area (Å²) in [5.41, 5.74) is 3.55. The van der Waals surface area contributed by atoms with Gasteiger partial charge in [-0.25, -0.2) is 0 Å². The molecule has 1 N–H and O–H groups in total. The van der Waals surface area contributed by atoms with Crippen LogP contribution in [0.5, 0.6) is 0 Å². The summed E-state index contributed by atoms with van der Waals surface area (Å²) in [5, 5.41) is 8.42. The second-order valence-electron chi connectivity index (χ2n) is 5.50. The minimum Gasteiger partial charge on any atom is -0.326 e. The maximum atomic E-state index is 12.7. The summed E-state index contributed by atoms with van der Waals surface area (Å²) in [6.45, 7) is 3.27. The molecule has 3 rings (SSSR count). The van der Waals surface area contributed by atoms with Crippen molar-refractivity contribution in [3.63, 3.8) is 0 Å². The van der Waals surface area contributed by atoms with Gasteiger partial charge in [0.1, 0.15) is 0 Å². The first-order chi connectivity index (χ1) is 11.5. The van der Waals surface area contributed by atoms with E-state index in [1.165, 1.54) is 11.9 Å². The van der Waals surface area contributed by atoms with Crippen LogP contribution in [0.2, 0.25) is 0 Å². The molecule has 0 unspecified atom stereocenters. The molecule has 2 aromatic rings. The van der Waals surface area contributed by atoms with Crippen LogP contribution in [0.3, 0.4) is 0 Å². The number of carbonyl (C=O) groups is 2. The molecule has 1 aliphatic heterocycles. The fourth-order valence-electron chi connectivity index (χ4n) is 2.46. The number of nitrogens with one attached hydrogen (secondary N) is 1. The van der Waals surface area contributed by atoms with Crippen molar-refractivity contribution in [3.05, 3.63) is 65.7 Å². The van der Waals surface area contributed by atoms with E-state index in [4.69, 9.17) is 0 Å². The van der Waals surface area contributed by atoms with Gasteiger partial charge in [0.05, 0.1) is 17.0 Å². The van der Waals surface area contributed by atoms with Crippen LogP contribution in [0.15, 0.2) is 65.3 Å². The van der Waals surface area contributed by atoms with E-state index < -0.39 is 0 Å². The molecule has 1 aliphatic rings. The number of carbonyl (C=O) groups excluding carboxylic acids is 2. The largest absolute Gasteiger partial charge is 0.326 e. The third-order valence-corrected chi connectivity index (χ3v) is 3.61. The molecule has 0 aliphatic carbocycles. The topological polar surface area (TPSA) is 61.8 Å². The van der Waals surface area contributed by atoms with E-state index >= 15 is 0 Å². The van der Waals surface area contributed by atoms with Gasteiger partial charge >= 0.3 is 0 Å². The lowest BCUT2D eigenvalue weighted by Gasteiger charge is -2.12. The molecule has 0 bridgehead atoms. The third-order valence-electron chi connectivity index (χ3n) is 3.61. The molecule has 24 heavy (non-hydrogen) atoms. The number of anilines is 2. The van der Waals surface area contributed by atoms with Crippen LogP contribution in [-0.4, -0.2) is 17.5 Å². The van der Waals surface area contributed by atoms with Crippen LogP contribution >= 0.6 is 0 Å². The minimum absolute atomic E-state index is 0.137. The summed E-state index contributed by atoms with van der Waals surface area (Å²) >= 11 is 0. The number of hydrazone groups is 1. The van der Waals surface area contributed by atoms with Crippen LogP contribution in [-0.2, 0) is 9.59 Å². The maximum Gasteiger partial charge on any atom is 0.280 e. The lowest BCUT2D eigenvalue weighted by molar-refractivity contribution is -0.115. The molecule has 5 nitrogen and oxygen atoms in total. The van der Waals surface area contributed by atoms with Crippen molar-refractivity contribution < 1.29 is 9.59 Å². The van der Waals surface area contributed by atoms with Crippen molar-refractivity contribution in [2.75, 3.05) is 10.3 Å². The fraction of sp³-hybridized carbons (Fsp3) is 0.105. The van der Waals surface area contributed by atoms with E-state index in [9.17, 15) is 9.59 Å². The highest BCUT2D eigenvalue weighted by Gasteiger charge is 2.28. The number of benzene rings is 2. The normalized spacial score (nSPS) is 15.6. The SMILES string of the molecule is CC(=O)Nc1ccc(N2N=C(C)/C(=C/c3ccccc3)C2=O)cc1. The number of rotatable bonds is 3. The molecular weight excluding hydrogens is 302 g/mol. The van der Waals surface area contributed by atoms with Crippen molar-refractivity contribution in [1.29, 1.82) is 0 Å². The van der Waals surface area contributed by atoms with Crippen molar-refractivity contribution in [1.82, 2.24) is 0 Å². The molecule has 0 fully saturated rings. The fourth-order valence-corrected chi connectivity index (χ4v) is 2.46. The van der Waals surface area contributed by atoms with Gasteiger partial charge in [-0.15, -0.1) is 0 Å². The summed E-state index contributed by atoms with van der Waals surface area (Å²) in [6.07, 6.45) is 1.84. The number of hydrogen-bond donors (Lipinski definition) is 1. The lowest BCUT2D eigenvalue weighted by Crippen LogP contribution is -2.21. The van der Waals surface area contributed by atoms with Crippen LogP contribution in [0.1, 0.15) is 19.4 Å². The molecule has 0 saturated heterocycles. The van der Waals surface area contributed by atoms with Gasteiger partial charge in [0.15, 0.2) is 0 Å². The van der Waals surface area contributed by atoms with Crippen molar-refractivity contribution in [2.24, 2.45) is 5.10 Å². The van der Waals surface area contributed by atoms with E-state index in [0.29, 0.717) is 22.7 Å². The Balaban J connectivity index is 1.85. The van der Waals surface area contributed by atoms with Gasteiger partial charge in [0, 0.05) is 12.6 Å². The van der Waals surface area contributed by atoms with Gasteiger partial charge < -0.3 is 5.32 Å². The molecule has 0 spiro atoms. The van der Waals surface area contributed by atoms with Gasteiger partial charge in [-0.1, -0.05) is 30.3 Å². The van der Waals surface area contributed by atoms with Gasteiger partial charge in [-0.3, -0.25) is 9.59 Å². The van der Waals surface area contributed by atoms with Crippen LogP contribution in [0.25, 0.3) is 6.08 Å². The Morgan fingerprint density at radius 3 is 2.38 bits per heavy atom. The van der Waals surface area contributed by atoms with Crippen molar-refractivity contribution in [3.8, 4) is 0 Å². The highest BCUT2D eigenvalue weighted by molar-refractivity contribution is 6.32. The zero-order chi connectivity index (χ0) is 17.1. The molecule has 0 saturated carbocycles. The Morgan fingerprint density at radius 1 is 1.08 bits per heavy atom. The highest BCUT2D eigenvalue weighted by Crippen LogP contribution is 2.26. The second kappa shape index (κ2) is 6.50. The first-order valence-electron chi connectivity index (χ1n) is 7.59. The predicted molar refractivity (Wildman–Crippen MR) is 95.8 cm³/mol. The molecule has 120 valence electrons. The van der Waals surface area contributed by atoms with E-state index in [1.54, 1.807) is 24.3 Å². The number of hydrogen-bond acceptors (Lipinski definition) is 3. The smallest absolute Gasteiger partial charge is 0.280 e. The summed E-state index contributed by atoms with van der Waals surface area (Å²) in [4.78, 5) is 23.7. The van der Waals surface area contributed by atoms with E-state index in [1.807, 2.05) is 43.3 Å². The monoisotopic (exact) mass is 319 g/mol. The molecule has 0 radical (unpaired) electrons. The molecule has 1 heterocycles. The van der Waals surface area contributed by atoms with Crippen molar-refractivity contribution in [2.45, 2.75) is 13.8 Å². The first kappa shape index (κ1) is 15.7. The van der Waals surface area contributed by atoms with Crippen LogP contribution in [0.4, 0.5) is 11.4 Å². The standard InChI is InChI=1S/C19H17N3O2/c1-13-18(12-15-6-4-3-5-7-15)19(24)22(21-13)17-10-8-16(9-11-17)20-14(2)23/h3-12H,1-2H3,(H,20,23)/b18-12-.